The highest BCUT2D eigenvalue weighted by Crippen LogP contribution is 2.20. The number of aryl methyl sites for hydroxylation is 1. The molecule has 1 aliphatic rings. The van der Waals surface area contributed by atoms with Crippen molar-refractivity contribution in [1.82, 2.24) is 20.0 Å². The Morgan fingerprint density at radius 3 is 2.64 bits per heavy atom. The summed E-state index contributed by atoms with van der Waals surface area (Å²) in [5.74, 6) is 1.28. The third kappa shape index (κ3) is 3.95. The number of aromatic nitrogens is 3. The minimum Gasteiger partial charge on any atom is -0.360 e. The van der Waals surface area contributed by atoms with E-state index in [-0.39, 0.29) is 29.4 Å². The van der Waals surface area contributed by atoms with Crippen LogP contribution in [0.5, 0.6) is 0 Å². The summed E-state index contributed by atoms with van der Waals surface area (Å²) in [7, 11) is -3.06. The van der Waals surface area contributed by atoms with E-state index < -0.39 is 9.84 Å². The van der Waals surface area contributed by atoms with Crippen LogP contribution in [0.4, 0.5) is 11.8 Å². The SMILES string of the molecule is CCN(C(=O)c1cnc(Nc2cc(C)on2)nc1)C1CCS(=O)(=O)C1. The van der Waals surface area contributed by atoms with Gasteiger partial charge < -0.3 is 14.7 Å². The van der Waals surface area contributed by atoms with Crippen LogP contribution >= 0.6 is 0 Å². The lowest BCUT2D eigenvalue weighted by Crippen LogP contribution is -2.41. The number of carbonyl (C=O) groups is 1. The van der Waals surface area contributed by atoms with Crippen molar-refractivity contribution in [2.45, 2.75) is 26.3 Å². The second kappa shape index (κ2) is 6.79. The lowest BCUT2D eigenvalue weighted by molar-refractivity contribution is 0.0707. The van der Waals surface area contributed by atoms with E-state index in [1.807, 2.05) is 6.92 Å². The molecular formula is C15H19N5O4S. The van der Waals surface area contributed by atoms with Gasteiger partial charge >= 0.3 is 0 Å². The summed E-state index contributed by atoms with van der Waals surface area (Å²) in [5.41, 5.74) is 0.313. The molecule has 25 heavy (non-hydrogen) atoms. The van der Waals surface area contributed by atoms with Gasteiger partial charge in [0.05, 0.1) is 17.1 Å². The minimum atomic E-state index is -3.06. The monoisotopic (exact) mass is 365 g/mol. The number of rotatable bonds is 5. The van der Waals surface area contributed by atoms with E-state index in [1.54, 1.807) is 17.9 Å². The highest BCUT2D eigenvalue weighted by molar-refractivity contribution is 7.91. The highest BCUT2D eigenvalue weighted by Gasteiger charge is 2.34. The van der Waals surface area contributed by atoms with Gasteiger partial charge in [0, 0.05) is 31.0 Å². The van der Waals surface area contributed by atoms with Crippen LogP contribution in [0.3, 0.4) is 0 Å². The van der Waals surface area contributed by atoms with E-state index >= 15 is 0 Å². The van der Waals surface area contributed by atoms with E-state index in [0.29, 0.717) is 30.1 Å². The number of hydrogen-bond acceptors (Lipinski definition) is 8. The number of nitrogens with zero attached hydrogens (tertiary/aromatic N) is 4. The van der Waals surface area contributed by atoms with Gasteiger partial charge in [-0.05, 0) is 20.3 Å². The average molecular weight is 365 g/mol. The van der Waals surface area contributed by atoms with Crippen LogP contribution in [0.1, 0.15) is 29.5 Å². The summed E-state index contributed by atoms with van der Waals surface area (Å²) in [6.07, 6.45) is 3.29. The first-order valence-corrected chi connectivity index (χ1v) is 9.74. The molecule has 0 spiro atoms. The lowest BCUT2D eigenvalue weighted by atomic mass is 10.2. The third-order valence-electron chi connectivity index (χ3n) is 4.02. The maximum absolute atomic E-state index is 12.7. The normalized spacial score (nSPS) is 18.9. The summed E-state index contributed by atoms with van der Waals surface area (Å²) in [6, 6.07) is 1.40. The number of sulfone groups is 1. The van der Waals surface area contributed by atoms with Crippen molar-refractivity contribution in [2.75, 3.05) is 23.4 Å². The molecule has 1 saturated heterocycles. The van der Waals surface area contributed by atoms with Gasteiger partial charge in [-0.3, -0.25) is 4.79 Å². The van der Waals surface area contributed by atoms with Gasteiger partial charge in [-0.1, -0.05) is 5.16 Å². The number of amides is 1. The number of hydrogen-bond donors (Lipinski definition) is 1. The molecule has 9 nitrogen and oxygen atoms in total. The molecular weight excluding hydrogens is 346 g/mol. The fourth-order valence-electron chi connectivity index (χ4n) is 2.80. The van der Waals surface area contributed by atoms with Gasteiger partial charge in [-0.2, -0.15) is 0 Å². The summed E-state index contributed by atoms with van der Waals surface area (Å²) < 4.78 is 28.3. The van der Waals surface area contributed by atoms with Crippen molar-refractivity contribution in [2.24, 2.45) is 0 Å². The summed E-state index contributed by atoms with van der Waals surface area (Å²) in [6.45, 7) is 4.02. The van der Waals surface area contributed by atoms with Gasteiger partial charge in [-0.15, -0.1) is 0 Å². The maximum Gasteiger partial charge on any atom is 0.257 e. The second-order valence-electron chi connectivity index (χ2n) is 5.89. The molecule has 2 aromatic heterocycles. The Bertz CT molecular complexity index is 862. The first kappa shape index (κ1) is 17.3. The van der Waals surface area contributed by atoms with Gasteiger partial charge in [0.2, 0.25) is 5.95 Å². The van der Waals surface area contributed by atoms with Crippen LogP contribution in [-0.2, 0) is 9.84 Å². The van der Waals surface area contributed by atoms with E-state index in [1.165, 1.54) is 12.4 Å². The molecule has 1 amide bonds. The van der Waals surface area contributed by atoms with Crippen LogP contribution in [0.25, 0.3) is 0 Å². The zero-order valence-corrected chi connectivity index (χ0v) is 14.8. The number of anilines is 2. The van der Waals surface area contributed by atoms with Crippen molar-refractivity contribution < 1.29 is 17.7 Å². The van der Waals surface area contributed by atoms with Crippen LogP contribution in [0, 0.1) is 6.92 Å². The largest absolute Gasteiger partial charge is 0.360 e. The van der Waals surface area contributed by atoms with Gasteiger partial charge in [0.15, 0.2) is 15.7 Å². The Hall–Kier alpha value is -2.49. The minimum absolute atomic E-state index is 0.0125. The molecule has 0 saturated carbocycles. The molecule has 1 N–H and O–H groups in total. The van der Waals surface area contributed by atoms with Crippen molar-refractivity contribution in [3.8, 4) is 0 Å². The Morgan fingerprint density at radius 2 is 2.12 bits per heavy atom. The molecule has 134 valence electrons. The molecule has 1 atom stereocenters. The standard InChI is InChI=1S/C15H19N5O4S/c1-3-20(12-4-5-25(22,23)9-12)14(21)11-7-16-15(17-8-11)18-13-6-10(2)24-19-13/h6-8,12H,3-5,9H2,1-2H3,(H,16,17,18,19). The average Bonchev–Trinajstić information content (AvgIpc) is 3.14. The number of nitrogens with one attached hydrogen (secondary N) is 1. The quantitative estimate of drug-likeness (QED) is 0.839. The first-order valence-electron chi connectivity index (χ1n) is 7.92. The molecule has 0 aromatic carbocycles. The first-order chi connectivity index (χ1) is 11.9. The van der Waals surface area contributed by atoms with Gasteiger partial charge in [-0.25, -0.2) is 18.4 Å². The molecule has 10 heteroatoms. The van der Waals surface area contributed by atoms with Crippen molar-refractivity contribution in [3.63, 3.8) is 0 Å². The van der Waals surface area contributed by atoms with Crippen molar-refractivity contribution >= 4 is 27.5 Å². The lowest BCUT2D eigenvalue weighted by Gasteiger charge is -2.26. The Labute approximate surface area is 145 Å². The molecule has 0 radical (unpaired) electrons. The Balaban J connectivity index is 1.71. The second-order valence-corrected chi connectivity index (χ2v) is 8.12. The smallest absolute Gasteiger partial charge is 0.257 e. The number of carbonyl (C=O) groups excluding carboxylic acids is 1. The predicted molar refractivity (Wildman–Crippen MR) is 90.3 cm³/mol. The van der Waals surface area contributed by atoms with Crippen LogP contribution in [0.2, 0.25) is 0 Å². The zero-order chi connectivity index (χ0) is 18.0. The van der Waals surface area contributed by atoms with Crippen LogP contribution < -0.4 is 5.32 Å². The maximum atomic E-state index is 12.7. The Kier molecular flexibility index (Phi) is 4.71. The molecule has 3 heterocycles. The van der Waals surface area contributed by atoms with E-state index in [2.05, 4.69) is 20.4 Å². The molecule has 3 rings (SSSR count). The summed E-state index contributed by atoms with van der Waals surface area (Å²) in [4.78, 5) is 22.4. The fourth-order valence-corrected chi connectivity index (χ4v) is 4.53. The highest BCUT2D eigenvalue weighted by atomic mass is 32.2. The topological polar surface area (TPSA) is 118 Å². The van der Waals surface area contributed by atoms with Crippen molar-refractivity contribution in [1.29, 1.82) is 0 Å². The van der Waals surface area contributed by atoms with E-state index in [4.69, 9.17) is 4.52 Å². The molecule has 0 aliphatic carbocycles. The Morgan fingerprint density at radius 1 is 1.40 bits per heavy atom. The predicted octanol–water partition coefficient (Wildman–Crippen LogP) is 1.17. The molecule has 1 aliphatic heterocycles. The van der Waals surface area contributed by atoms with Gasteiger partial charge in [0.1, 0.15) is 5.76 Å². The fraction of sp³-hybridized carbons (Fsp3) is 0.467. The van der Waals surface area contributed by atoms with E-state index in [0.717, 1.165) is 0 Å². The van der Waals surface area contributed by atoms with Crippen molar-refractivity contribution in [3.05, 3.63) is 29.8 Å². The molecule has 1 unspecified atom stereocenters. The summed E-state index contributed by atoms with van der Waals surface area (Å²) >= 11 is 0. The summed E-state index contributed by atoms with van der Waals surface area (Å²) in [5, 5.41) is 6.65. The molecule has 1 fully saturated rings. The van der Waals surface area contributed by atoms with Crippen LogP contribution in [-0.4, -0.2) is 58.4 Å². The van der Waals surface area contributed by atoms with Crippen LogP contribution in [0.15, 0.2) is 23.0 Å². The van der Waals surface area contributed by atoms with E-state index in [9.17, 15) is 13.2 Å². The zero-order valence-electron chi connectivity index (χ0n) is 14.0. The molecule has 2 aromatic rings. The van der Waals surface area contributed by atoms with Gasteiger partial charge in [0.25, 0.3) is 5.91 Å². The third-order valence-corrected chi connectivity index (χ3v) is 5.77. The molecule has 0 bridgehead atoms.